The number of methoxy groups -OCH3 is 1. The lowest BCUT2D eigenvalue weighted by Gasteiger charge is -2.11. The average molecular weight is 298 g/mol. The zero-order valence-corrected chi connectivity index (χ0v) is 14.0. The molecule has 0 amide bonds. The van der Waals surface area contributed by atoms with Crippen LogP contribution in [0.1, 0.15) is 36.7 Å². The maximum Gasteiger partial charge on any atom is 0.177 e. The van der Waals surface area contributed by atoms with Crippen molar-refractivity contribution in [3.05, 3.63) is 29.0 Å². The third kappa shape index (κ3) is 2.08. The van der Waals surface area contributed by atoms with Crippen molar-refractivity contribution in [2.24, 2.45) is 0 Å². The van der Waals surface area contributed by atoms with E-state index in [2.05, 4.69) is 43.8 Å². The molecule has 5 nitrogen and oxygen atoms in total. The number of nitrogens with zero attached hydrogens (tertiary/aromatic N) is 3. The number of aryl methyl sites for hydroxylation is 1. The number of imidazole rings is 1. The summed E-state index contributed by atoms with van der Waals surface area (Å²) in [6.07, 6.45) is 0. The fourth-order valence-electron chi connectivity index (χ4n) is 2.80. The highest BCUT2D eigenvalue weighted by atomic mass is 16.5. The minimum Gasteiger partial charge on any atom is -0.496 e. The van der Waals surface area contributed by atoms with Gasteiger partial charge < -0.3 is 9.72 Å². The summed E-state index contributed by atoms with van der Waals surface area (Å²) in [7, 11) is 1.70. The Morgan fingerprint density at radius 3 is 2.50 bits per heavy atom. The largest absolute Gasteiger partial charge is 0.496 e. The fourth-order valence-corrected chi connectivity index (χ4v) is 2.80. The van der Waals surface area contributed by atoms with Gasteiger partial charge in [-0.15, -0.1) is 0 Å². The van der Waals surface area contributed by atoms with E-state index in [1.54, 1.807) is 7.11 Å². The summed E-state index contributed by atoms with van der Waals surface area (Å²) in [6, 6.07) is 4.33. The summed E-state index contributed by atoms with van der Waals surface area (Å²) in [5.74, 6) is 1.79. The molecule has 1 N–H and O–H groups in total. The van der Waals surface area contributed by atoms with Crippen molar-refractivity contribution in [1.29, 1.82) is 0 Å². The molecule has 0 aliphatic heterocycles. The maximum absolute atomic E-state index is 5.39. The Bertz CT molecular complexity index is 842. The number of benzene rings is 1. The number of H-pyrrole nitrogens is 1. The molecule has 22 heavy (non-hydrogen) atoms. The second kappa shape index (κ2) is 5.16. The first-order valence-corrected chi connectivity index (χ1v) is 7.53. The highest BCUT2D eigenvalue weighted by Gasteiger charge is 2.17. The van der Waals surface area contributed by atoms with Gasteiger partial charge in [-0.1, -0.05) is 0 Å². The van der Waals surface area contributed by atoms with Crippen LogP contribution in [0.2, 0.25) is 0 Å². The van der Waals surface area contributed by atoms with Gasteiger partial charge >= 0.3 is 0 Å². The highest BCUT2D eigenvalue weighted by molar-refractivity contribution is 5.80. The maximum atomic E-state index is 5.39. The summed E-state index contributed by atoms with van der Waals surface area (Å²) in [5.41, 5.74) is 6.32. The molecule has 0 radical (unpaired) electrons. The molecule has 2 heterocycles. The van der Waals surface area contributed by atoms with E-state index in [-0.39, 0.29) is 6.04 Å². The van der Waals surface area contributed by atoms with Gasteiger partial charge in [0, 0.05) is 11.6 Å². The SMILES string of the molecule is COc1ccc(-c2nc3c([nH]2)c(C)nn3C(C)C)c(C)c1C. The van der Waals surface area contributed by atoms with Crippen LogP contribution in [0.15, 0.2) is 12.1 Å². The summed E-state index contributed by atoms with van der Waals surface area (Å²) < 4.78 is 7.35. The van der Waals surface area contributed by atoms with E-state index in [1.165, 1.54) is 5.56 Å². The molecule has 0 atom stereocenters. The molecule has 116 valence electrons. The van der Waals surface area contributed by atoms with Gasteiger partial charge in [-0.2, -0.15) is 5.10 Å². The molecule has 3 rings (SSSR count). The minimum absolute atomic E-state index is 0.283. The summed E-state index contributed by atoms with van der Waals surface area (Å²) >= 11 is 0. The van der Waals surface area contributed by atoms with Crippen LogP contribution in [0.25, 0.3) is 22.6 Å². The van der Waals surface area contributed by atoms with Crippen molar-refractivity contribution in [1.82, 2.24) is 19.7 Å². The Morgan fingerprint density at radius 1 is 1.14 bits per heavy atom. The lowest BCUT2D eigenvalue weighted by Crippen LogP contribution is -2.03. The summed E-state index contributed by atoms with van der Waals surface area (Å²) in [5, 5.41) is 4.55. The molecule has 3 aromatic rings. The Labute approximate surface area is 130 Å². The van der Waals surface area contributed by atoms with Crippen molar-refractivity contribution < 1.29 is 4.74 Å². The zero-order valence-electron chi connectivity index (χ0n) is 14.0. The molecule has 0 unspecified atom stereocenters. The predicted molar refractivity (Wildman–Crippen MR) is 88.5 cm³/mol. The highest BCUT2D eigenvalue weighted by Crippen LogP contribution is 2.31. The number of fused-ring (bicyclic) bond motifs is 1. The zero-order chi connectivity index (χ0) is 16.0. The molecule has 1 aromatic carbocycles. The first kappa shape index (κ1) is 14.6. The van der Waals surface area contributed by atoms with E-state index in [1.807, 2.05) is 17.7 Å². The molecule has 0 saturated heterocycles. The molecule has 0 spiro atoms. The molecule has 0 saturated carbocycles. The van der Waals surface area contributed by atoms with E-state index in [4.69, 9.17) is 9.72 Å². The van der Waals surface area contributed by atoms with Crippen LogP contribution < -0.4 is 4.74 Å². The monoisotopic (exact) mass is 298 g/mol. The first-order chi connectivity index (χ1) is 10.4. The number of hydrogen-bond acceptors (Lipinski definition) is 3. The Balaban J connectivity index is 2.19. The van der Waals surface area contributed by atoms with Crippen LogP contribution in [-0.4, -0.2) is 26.9 Å². The van der Waals surface area contributed by atoms with E-state index in [0.717, 1.165) is 39.6 Å². The molecule has 5 heteroatoms. The number of rotatable bonds is 3. The summed E-state index contributed by atoms with van der Waals surface area (Å²) in [4.78, 5) is 8.21. The van der Waals surface area contributed by atoms with E-state index < -0.39 is 0 Å². The average Bonchev–Trinajstić information content (AvgIpc) is 3.02. The van der Waals surface area contributed by atoms with Crippen LogP contribution in [0.5, 0.6) is 5.75 Å². The van der Waals surface area contributed by atoms with Crippen molar-refractivity contribution in [2.45, 2.75) is 40.7 Å². The molecule has 0 bridgehead atoms. The number of nitrogens with one attached hydrogen (secondary N) is 1. The second-order valence-corrected chi connectivity index (χ2v) is 5.97. The van der Waals surface area contributed by atoms with Crippen molar-refractivity contribution >= 4 is 11.2 Å². The topological polar surface area (TPSA) is 55.7 Å². The van der Waals surface area contributed by atoms with Crippen molar-refractivity contribution in [2.75, 3.05) is 7.11 Å². The molecule has 0 aliphatic rings. The van der Waals surface area contributed by atoms with Gasteiger partial charge in [0.15, 0.2) is 5.65 Å². The molecular weight excluding hydrogens is 276 g/mol. The minimum atomic E-state index is 0.283. The quantitative estimate of drug-likeness (QED) is 0.796. The van der Waals surface area contributed by atoms with Gasteiger partial charge in [-0.3, -0.25) is 0 Å². The van der Waals surface area contributed by atoms with Crippen LogP contribution in [-0.2, 0) is 0 Å². The van der Waals surface area contributed by atoms with Gasteiger partial charge in [0.2, 0.25) is 0 Å². The van der Waals surface area contributed by atoms with Crippen LogP contribution >= 0.6 is 0 Å². The van der Waals surface area contributed by atoms with Gasteiger partial charge in [0.1, 0.15) is 17.1 Å². The van der Waals surface area contributed by atoms with Gasteiger partial charge in [-0.05, 0) is 57.9 Å². The number of ether oxygens (including phenoxy) is 1. The van der Waals surface area contributed by atoms with E-state index in [9.17, 15) is 0 Å². The number of aromatic nitrogens is 4. The Hall–Kier alpha value is -2.30. The van der Waals surface area contributed by atoms with Gasteiger partial charge in [0.25, 0.3) is 0 Å². The lowest BCUT2D eigenvalue weighted by molar-refractivity contribution is 0.411. The third-order valence-corrected chi connectivity index (χ3v) is 4.22. The van der Waals surface area contributed by atoms with E-state index >= 15 is 0 Å². The second-order valence-electron chi connectivity index (χ2n) is 5.97. The molecular formula is C17H22N4O. The fraction of sp³-hybridized carbons (Fsp3) is 0.412. The van der Waals surface area contributed by atoms with Gasteiger partial charge in [0.05, 0.1) is 12.8 Å². The standard InChI is InChI=1S/C17H22N4O/c1-9(2)21-17-15(12(5)20-21)18-16(19-17)13-7-8-14(22-6)11(4)10(13)3/h7-9H,1-6H3,(H,18,19). The summed E-state index contributed by atoms with van der Waals surface area (Å²) in [6.45, 7) is 10.4. The van der Waals surface area contributed by atoms with E-state index in [0.29, 0.717) is 0 Å². The van der Waals surface area contributed by atoms with Crippen molar-refractivity contribution in [3.63, 3.8) is 0 Å². The van der Waals surface area contributed by atoms with Crippen molar-refractivity contribution in [3.8, 4) is 17.1 Å². The van der Waals surface area contributed by atoms with Crippen LogP contribution in [0.3, 0.4) is 0 Å². The normalized spacial score (nSPS) is 11.6. The van der Waals surface area contributed by atoms with Crippen LogP contribution in [0, 0.1) is 20.8 Å². The molecule has 2 aromatic heterocycles. The molecule has 0 fully saturated rings. The third-order valence-electron chi connectivity index (χ3n) is 4.22. The Morgan fingerprint density at radius 2 is 1.86 bits per heavy atom. The first-order valence-electron chi connectivity index (χ1n) is 7.53. The van der Waals surface area contributed by atoms with Gasteiger partial charge in [-0.25, -0.2) is 9.67 Å². The molecule has 0 aliphatic carbocycles. The number of aromatic amines is 1. The Kier molecular flexibility index (Phi) is 3.43. The number of hydrogen-bond donors (Lipinski definition) is 1. The van der Waals surface area contributed by atoms with Crippen LogP contribution in [0.4, 0.5) is 0 Å². The predicted octanol–water partition coefficient (Wildman–Crippen LogP) is 3.94. The smallest absolute Gasteiger partial charge is 0.177 e. The lowest BCUT2D eigenvalue weighted by atomic mass is 10.0.